The normalized spacial score (nSPS) is 16.2. The summed E-state index contributed by atoms with van der Waals surface area (Å²) >= 11 is 0. The molecule has 0 spiro atoms. The van der Waals surface area contributed by atoms with Crippen LogP contribution in [0.4, 0.5) is 0 Å². The summed E-state index contributed by atoms with van der Waals surface area (Å²) in [5.41, 5.74) is 2.18. The van der Waals surface area contributed by atoms with Crippen LogP contribution in [0.1, 0.15) is 52.7 Å². The molecule has 0 saturated carbocycles. The zero-order valence-electron chi connectivity index (χ0n) is 13.1. The van der Waals surface area contributed by atoms with E-state index in [-0.39, 0.29) is 10.8 Å². The lowest BCUT2D eigenvalue weighted by molar-refractivity contribution is -0.0434. The fraction of sp³-hybridized carbons (Fsp3) is 0.647. The Morgan fingerprint density at radius 2 is 1.37 bits per heavy atom. The van der Waals surface area contributed by atoms with Crippen LogP contribution in [0.5, 0.6) is 0 Å². The monoisotopic (exact) mass is 264 g/mol. The zero-order chi connectivity index (χ0) is 14.8. The molecule has 2 atom stereocenters. The highest BCUT2D eigenvalue weighted by Crippen LogP contribution is 2.25. The van der Waals surface area contributed by atoms with Crippen LogP contribution in [0.2, 0.25) is 0 Å². The van der Waals surface area contributed by atoms with E-state index in [4.69, 9.17) is 0 Å². The Kier molecular flexibility index (Phi) is 4.81. The van der Waals surface area contributed by atoms with Gasteiger partial charge in [0.25, 0.3) is 0 Å². The smallest absolute Gasteiger partial charge is 0.0850 e. The third-order valence-electron chi connectivity index (χ3n) is 3.52. The van der Waals surface area contributed by atoms with Crippen molar-refractivity contribution in [2.24, 2.45) is 5.41 Å². The van der Waals surface area contributed by atoms with Crippen LogP contribution in [-0.4, -0.2) is 22.4 Å². The van der Waals surface area contributed by atoms with Gasteiger partial charge in [0.1, 0.15) is 0 Å². The third-order valence-corrected chi connectivity index (χ3v) is 3.52. The molecule has 2 heteroatoms. The number of hydrogen-bond donors (Lipinski definition) is 2. The maximum atomic E-state index is 10.1. The molecule has 2 unspecified atom stereocenters. The molecule has 0 aliphatic rings. The fourth-order valence-electron chi connectivity index (χ4n) is 2.07. The minimum atomic E-state index is -0.722. The predicted octanol–water partition coefficient (Wildman–Crippen LogP) is 3.29. The highest BCUT2D eigenvalue weighted by molar-refractivity contribution is 5.28. The van der Waals surface area contributed by atoms with Gasteiger partial charge in [0.05, 0.1) is 12.2 Å². The van der Waals surface area contributed by atoms with E-state index in [9.17, 15) is 10.2 Å². The van der Waals surface area contributed by atoms with Gasteiger partial charge in [-0.15, -0.1) is 0 Å². The van der Waals surface area contributed by atoms with Crippen LogP contribution < -0.4 is 0 Å². The number of rotatable bonds is 3. The van der Waals surface area contributed by atoms with Crippen molar-refractivity contribution in [2.75, 3.05) is 0 Å². The third kappa shape index (κ3) is 4.63. The van der Waals surface area contributed by atoms with E-state index < -0.39 is 12.2 Å². The molecule has 0 amide bonds. The van der Waals surface area contributed by atoms with Gasteiger partial charge in [-0.2, -0.15) is 0 Å². The van der Waals surface area contributed by atoms with Crippen LogP contribution in [-0.2, 0) is 11.8 Å². The van der Waals surface area contributed by atoms with Crippen LogP contribution in [0, 0.1) is 5.41 Å². The van der Waals surface area contributed by atoms with Crippen molar-refractivity contribution < 1.29 is 10.2 Å². The first-order chi connectivity index (χ1) is 8.51. The average Bonchev–Trinajstić information content (AvgIpc) is 2.26. The fourth-order valence-corrected chi connectivity index (χ4v) is 2.07. The lowest BCUT2D eigenvalue weighted by Crippen LogP contribution is -2.38. The van der Waals surface area contributed by atoms with Crippen molar-refractivity contribution >= 4 is 0 Å². The second-order valence-electron chi connectivity index (χ2n) is 7.53. The summed E-state index contributed by atoms with van der Waals surface area (Å²) in [4.78, 5) is 0. The topological polar surface area (TPSA) is 40.5 Å². The van der Waals surface area contributed by atoms with Crippen LogP contribution in [0.25, 0.3) is 0 Å². The molecule has 1 aromatic carbocycles. The lowest BCUT2D eigenvalue weighted by atomic mass is 9.83. The first-order valence-corrected chi connectivity index (χ1v) is 6.97. The van der Waals surface area contributed by atoms with Gasteiger partial charge in [0.15, 0.2) is 0 Å². The molecule has 0 heterocycles. The number of benzene rings is 1. The number of aliphatic hydroxyl groups is 2. The molecule has 0 radical (unpaired) electrons. The highest BCUT2D eigenvalue weighted by atomic mass is 16.3. The summed E-state index contributed by atoms with van der Waals surface area (Å²) in [5, 5.41) is 20.1. The summed E-state index contributed by atoms with van der Waals surface area (Å²) in [6.07, 6.45) is -0.946. The molecular weight excluding hydrogens is 236 g/mol. The summed E-state index contributed by atoms with van der Waals surface area (Å²) in [6.45, 7) is 12.3. The Balaban J connectivity index is 2.74. The summed E-state index contributed by atoms with van der Waals surface area (Å²) in [7, 11) is 0. The van der Waals surface area contributed by atoms with Crippen molar-refractivity contribution in [3.05, 3.63) is 35.4 Å². The van der Waals surface area contributed by atoms with Gasteiger partial charge >= 0.3 is 0 Å². The highest BCUT2D eigenvalue weighted by Gasteiger charge is 2.29. The van der Waals surface area contributed by atoms with Crippen molar-refractivity contribution in [3.63, 3.8) is 0 Å². The molecule has 2 N–H and O–H groups in total. The average molecular weight is 264 g/mol. The van der Waals surface area contributed by atoms with E-state index in [1.807, 2.05) is 32.9 Å². The second-order valence-corrected chi connectivity index (χ2v) is 7.53. The van der Waals surface area contributed by atoms with Crippen molar-refractivity contribution in [1.29, 1.82) is 0 Å². The molecule has 0 bridgehead atoms. The minimum Gasteiger partial charge on any atom is -0.390 e. The first kappa shape index (κ1) is 16.2. The van der Waals surface area contributed by atoms with Gasteiger partial charge in [0, 0.05) is 6.42 Å². The van der Waals surface area contributed by atoms with Gasteiger partial charge < -0.3 is 10.2 Å². The predicted molar refractivity (Wildman–Crippen MR) is 80.3 cm³/mol. The molecular formula is C17H28O2. The van der Waals surface area contributed by atoms with Crippen molar-refractivity contribution in [2.45, 2.75) is 65.6 Å². The van der Waals surface area contributed by atoms with Gasteiger partial charge in [0.2, 0.25) is 0 Å². The zero-order valence-corrected chi connectivity index (χ0v) is 13.1. The van der Waals surface area contributed by atoms with Crippen LogP contribution in [0.3, 0.4) is 0 Å². The molecule has 0 saturated heterocycles. The summed E-state index contributed by atoms with van der Waals surface area (Å²) < 4.78 is 0. The second kappa shape index (κ2) is 5.64. The van der Waals surface area contributed by atoms with E-state index >= 15 is 0 Å². The van der Waals surface area contributed by atoms with Crippen LogP contribution >= 0.6 is 0 Å². The van der Waals surface area contributed by atoms with E-state index in [1.54, 1.807) is 0 Å². The van der Waals surface area contributed by atoms with Crippen molar-refractivity contribution in [3.8, 4) is 0 Å². The van der Waals surface area contributed by atoms with Crippen LogP contribution in [0.15, 0.2) is 24.3 Å². The molecule has 19 heavy (non-hydrogen) atoms. The number of aliphatic hydroxyl groups excluding tert-OH is 2. The standard InChI is InChI=1S/C17H28O2/c1-16(2,3)13-9-7-12(8-10-13)11-14(18)15(19)17(4,5)6/h7-10,14-15,18-19H,11H2,1-6H3. The Labute approximate surface area is 117 Å². The maximum absolute atomic E-state index is 10.1. The minimum absolute atomic E-state index is 0.141. The lowest BCUT2D eigenvalue weighted by Gasteiger charge is -2.30. The van der Waals surface area contributed by atoms with E-state index in [0.717, 1.165) is 5.56 Å². The van der Waals surface area contributed by atoms with Gasteiger partial charge in [-0.05, 0) is 22.0 Å². The molecule has 2 nitrogen and oxygen atoms in total. The first-order valence-electron chi connectivity index (χ1n) is 6.97. The van der Waals surface area contributed by atoms with Gasteiger partial charge in [-0.1, -0.05) is 65.8 Å². The Hall–Kier alpha value is -0.860. The molecule has 0 fully saturated rings. The Morgan fingerprint density at radius 1 is 0.895 bits per heavy atom. The Bertz CT molecular complexity index is 393. The molecule has 0 aliphatic carbocycles. The molecule has 0 aromatic heterocycles. The quantitative estimate of drug-likeness (QED) is 0.879. The van der Waals surface area contributed by atoms with Gasteiger partial charge in [-0.25, -0.2) is 0 Å². The van der Waals surface area contributed by atoms with E-state index in [2.05, 4.69) is 32.9 Å². The van der Waals surface area contributed by atoms with Gasteiger partial charge in [-0.3, -0.25) is 0 Å². The molecule has 108 valence electrons. The Morgan fingerprint density at radius 3 is 1.74 bits per heavy atom. The SMILES string of the molecule is CC(C)(C)c1ccc(CC(O)C(O)C(C)(C)C)cc1. The summed E-state index contributed by atoms with van der Waals surface area (Å²) in [5.74, 6) is 0. The largest absolute Gasteiger partial charge is 0.390 e. The summed E-state index contributed by atoms with van der Waals surface area (Å²) in [6, 6.07) is 8.29. The van der Waals surface area contributed by atoms with Crippen molar-refractivity contribution in [1.82, 2.24) is 0 Å². The number of hydrogen-bond acceptors (Lipinski definition) is 2. The molecule has 1 aromatic rings. The maximum Gasteiger partial charge on any atom is 0.0850 e. The van der Waals surface area contributed by atoms with E-state index in [0.29, 0.717) is 6.42 Å². The van der Waals surface area contributed by atoms with E-state index in [1.165, 1.54) is 5.56 Å². The molecule has 1 rings (SSSR count). The molecule has 0 aliphatic heterocycles.